The first kappa shape index (κ1) is 8.55. The summed E-state index contributed by atoms with van der Waals surface area (Å²) in [5, 5.41) is 26.4. The Labute approximate surface area is 68.7 Å². The minimum absolute atomic E-state index is 0.00954. The summed E-state index contributed by atoms with van der Waals surface area (Å²) in [6.07, 6.45) is 0. The molecule has 0 radical (unpaired) electrons. The van der Waals surface area contributed by atoms with Crippen molar-refractivity contribution < 1.29 is 20.1 Å². The summed E-state index contributed by atoms with van der Waals surface area (Å²) >= 11 is 0. The van der Waals surface area contributed by atoms with Crippen LogP contribution in [0.3, 0.4) is 0 Å². The highest BCUT2D eigenvalue weighted by Crippen LogP contribution is 2.22. The molecule has 0 heterocycles. The highest BCUT2D eigenvalue weighted by atomic mass is 16.3. The smallest absolute Gasteiger partial charge is 0.191 e. The van der Waals surface area contributed by atoms with Gasteiger partial charge in [-0.3, -0.25) is 4.79 Å². The minimum Gasteiger partial charge on any atom is -0.508 e. The van der Waals surface area contributed by atoms with E-state index in [-0.39, 0.29) is 17.1 Å². The zero-order chi connectivity index (χ0) is 9.14. The van der Waals surface area contributed by atoms with Crippen LogP contribution in [-0.4, -0.2) is 27.7 Å². The Morgan fingerprint density at radius 3 is 2.50 bits per heavy atom. The fourth-order valence-corrected chi connectivity index (χ4v) is 0.841. The van der Waals surface area contributed by atoms with Crippen molar-refractivity contribution in [2.45, 2.75) is 0 Å². The molecule has 0 aliphatic heterocycles. The molecule has 0 aliphatic carbocycles. The van der Waals surface area contributed by atoms with Gasteiger partial charge >= 0.3 is 0 Å². The standard InChI is InChI=1S/C8H8O4/c9-4-8(12)6-2-1-5(10)3-7(6)11/h1-3,9-11H,4H2. The Bertz CT molecular complexity index is 306. The number of aliphatic hydroxyl groups is 1. The fourth-order valence-electron chi connectivity index (χ4n) is 0.841. The second kappa shape index (κ2) is 3.23. The Morgan fingerprint density at radius 2 is 2.00 bits per heavy atom. The monoisotopic (exact) mass is 168 g/mol. The van der Waals surface area contributed by atoms with E-state index in [0.29, 0.717) is 0 Å². The molecule has 0 amide bonds. The number of phenolic OH excluding ortho intramolecular Hbond substituents is 2. The lowest BCUT2D eigenvalue weighted by Crippen LogP contribution is -2.03. The van der Waals surface area contributed by atoms with Gasteiger partial charge in [-0.2, -0.15) is 0 Å². The van der Waals surface area contributed by atoms with Crippen molar-refractivity contribution >= 4 is 5.78 Å². The molecule has 0 unspecified atom stereocenters. The summed E-state index contributed by atoms with van der Waals surface area (Å²) in [7, 11) is 0. The summed E-state index contributed by atoms with van der Waals surface area (Å²) in [6, 6.07) is 3.56. The molecule has 0 fully saturated rings. The number of phenols is 2. The Morgan fingerprint density at radius 1 is 1.33 bits per heavy atom. The Kier molecular flexibility index (Phi) is 2.30. The van der Waals surface area contributed by atoms with E-state index in [2.05, 4.69) is 0 Å². The van der Waals surface area contributed by atoms with Gasteiger partial charge in [-0.1, -0.05) is 0 Å². The van der Waals surface area contributed by atoms with Crippen LogP contribution in [0.5, 0.6) is 11.5 Å². The van der Waals surface area contributed by atoms with Gasteiger partial charge in [0.25, 0.3) is 0 Å². The van der Waals surface area contributed by atoms with Gasteiger partial charge in [0, 0.05) is 6.07 Å². The zero-order valence-corrected chi connectivity index (χ0v) is 6.19. The topological polar surface area (TPSA) is 77.8 Å². The van der Waals surface area contributed by atoms with Crippen LogP contribution < -0.4 is 0 Å². The quantitative estimate of drug-likeness (QED) is 0.554. The van der Waals surface area contributed by atoms with Crippen LogP contribution in [0, 0.1) is 0 Å². The van der Waals surface area contributed by atoms with Crippen molar-refractivity contribution in [2.24, 2.45) is 0 Å². The van der Waals surface area contributed by atoms with E-state index >= 15 is 0 Å². The average Bonchev–Trinajstić information content (AvgIpc) is 2.03. The van der Waals surface area contributed by atoms with Crippen LogP contribution in [-0.2, 0) is 0 Å². The van der Waals surface area contributed by atoms with Gasteiger partial charge in [0.1, 0.15) is 18.1 Å². The van der Waals surface area contributed by atoms with Crippen LogP contribution >= 0.6 is 0 Å². The summed E-state index contributed by atoms with van der Waals surface area (Å²) < 4.78 is 0. The van der Waals surface area contributed by atoms with Gasteiger partial charge in [-0.05, 0) is 12.1 Å². The van der Waals surface area contributed by atoms with Gasteiger partial charge in [-0.25, -0.2) is 0 Å². The fraction of sp³-hybridized carbons (Fsp3) is 0.125. The first-order valence-electron chi connectivity index (χ1n) is 3.31. The molecule has 0 aliphatic rings. The molecule has 4 heteroatoms. The number of carbonyl (C=O) groups is 1. The molecule has 1 rings (SSSR count). The van der Waals surface area contributed by atoms with Crippen molar-refractivity contribution in [3.8, 4) is 11.5 Å². The molecule has 0 atom stereocenters. The molecule has 1 aromatic carbocycles. The molecule has 0 bridgehead atoms. The van der Waals surface area contributed by atoms with Gasteiger partial charge in [0.2, 0.25) is 0 Å². The third-order valence-electron chi connectivity index (χ3n) is 1.43. The Hall–Kier alpha value is -1.55. The largest absolute Gasteiger partial charge is 0.508 e. The minimum atomic E-state index is -0.654. The predicted octanol–water partition coefficient (Wildman–Crippen LogP) is 0.273. The number of carbonyl (C=O) groups excluding carboxylic acids is 1. The molecule has 1 aromatic rings. The van der Waals surface area contributed by atoms with E-state index in [9.17, 15) is 4.79 Å². The van der Waals surface area contributed by atoms with E-state index in [1.807, 2.05) is 0 Å². The highest BCUT2D eigenvalue weighted by Gasteiger charge is 2.09. The summed E-state index contributed by atoms with van der Waals surface area (Å²) in [5.74, 6) is -1.02. The lowest BCUT2D eigenvalue weighted by Gasteiger charge is -2.00. The van der Waals surface area contributed by atoms with Crippen molar-refractivity contribution in [1.82, 2.24) is 0 Å². The molecule has 64 valence electrons. The molecule has 3 N–H and O–H groups in total. The SMILES string of the molecule is O=C(CO)c1ccc(O)cc1O. The molecule has 0 saturated heterocycles. The molecular formula is C8H8O4. The van der Waals surface area contributed by atoms with E-state index < -0.39 is 12.4 Å². The van der Waals surface area contributed by atoms with Crippen molar-refractivity contribution in [3.05, 3.63) is 23.8 Å². The molecular weight excluding hydrogens is 160 g/mol. The zero-order valence-electron chi connectivity index (χ0n) is 6.19. The Balaban J connectivity index is 3.09. The number of hydrogen-bond acceptors (Lipinski definition) is 4. The van der Waals surface area contributed by atoms with E-state index in [0.717, 1.165) is 6.07 Å². The molecule has 12 heavy (non-hydrogen) atoms. The summed E-state index contributed by atoms with van der Waals surface area (Å²) in [5.41, 5.74) is 0.00954. The number of Topliss-reactive ketones (excluding diaryl/α,β-unsaturated/α-hetero) is 1. The van der Waals surface area contributed by atoms with Crippen LogP contribution in [0.2, 0.25) is 0 Å². The second-order valence-corrected chi connectivity index (χ2v) is 2.28. The maximum Gasteiger partial charge on any atom is 0.191 e. The number of rotatable bonds is 2. The van der Waals surface area contributed by atoms with Crippen LogP contribution in [0.4, 0.5) is 0 Å². The van der Waals surface area contributed by atoms with Crippen LogP contribution in [0.25, 0.3) is 0 Å². The lowest BCUT2D eigenvalue weighted by molar-refractivity contribution is 0.0901. The third kappa shape index (κ3) is 1.54. The summed E-state index contributed by atoms with van der Waals surface area (Å²) in [6.45, 7) is -0.654. The van der Waals surface area contributed by atoms with E-state index in [1.165, 1.54) is 12.1 Å². The first-order valence-corrected chi connectivity index (χ1v) is 3.31. The number of aliphatic hydroxyl groups excluding tert-OH is 1. The maximum atomic E-state index is 10.9. The summed E-state index contributed by atoms with van der Waals surface area (Å²) in [4.78, 5) is 10.9. The van der Waals surface area contributed by atoms with E-state index in [4.69, 9.17) is 15.3 Å². The van der Waals surface area contributed by atoms with Crippen molar-refractivity contribution in [1.29, 1.82) is 0 Å². The van der Waals surface area contributed by atoms with Crippen molar-refractivity contribution in [3.63, 3.8) is 0 Å². The van der Waals surface area contributed by atoms with Gasteiger partial charge < -0.3 is 15.3 Å². The van der Waals surface area contributed by atoms with Gasteiger partial charge in [-0.15, -0.1) is 0 Å². The number of aromatic hydroxyl groups is 2. The van der Waals surface area contributed by atoms with Crippen molar-refractivity contribution in [2.75, 3.05) is 6.61 Å². The molecule has 0 spiro atoms. The number of benzene rings is 1. The highest BCUT2D eigenvalue weighted by molar-refractivity contribution is 5.99. The molecule has 0 aromatic heterocycles. The predicted molar refractivity (Wildman–Crippen MR) is 41.2 cm³/mol. The van der Waals surface area contributed by atoms with Gasteiger partial charge in [0.05, 0.1) is 5.56 Å². The average molecular weight is 168 g/mol. The molecule has 0 saturated carbocycles. The maximum absolute atomic E-state index is 10.9. The first-order chi connectivity index (χ1) is 5.65. The normalized spacial score (nSPS) is 9.75. The van der Waals surface area contributed by atoms with Crippen LogP contribution in [0.15, 0.2) is 18.2 Å². The lowest BCUT2D eigenvalue weighted by atomic mass is 10.1. The van der Waals surface area contributed by atoms with E-state index in [1.54, 1.807) is 0 Å². The second-order valence-electron chi connectivity index (χ2n) is 2.28. The molecule has 4 nitrogen and oxygen atoms in total. The van der Waals surface area contributed by atoms with Crippen LogP contribution in [0.1, 0.15) is 10.4 Å². The third-order valence-corrected chi connectivity index (χ3v) is 1.43. The van der Waals surface area contributed by atoms with Gasteiger partial charge in [0.15, 0.2) is 5.78 Å². The number of hydrogen-bond donors (Lipinski definition) is 3. The number of ketones is 1.